The number of piperazine rings is 1. The predicted molar refractivity (Wildman–Crippen MR) is 233 cm³/mol. The number of hydrogen-bond acceptors (Lipinski definition) is 12. The third-order valence-corrected chi connectivity index (χ3v) is 14.0. The normalized spacial score (nSPS) is 21.8. The first-order valence-electron chi connectivity index (χ1n) is 22.2. The Labute approximate surface area is 351 Å². The van der Waals surface area contributed by atoms with E-state index in [2.05, 4.69) is 65.5 Å². The number of imide groups is 1. The van der Waals surface area contributed by atoms with Gasteiger partial charge in [0.2, 0.25) is 17.8 Å². The van der Waals surface area contributed by atoms with Crippen LogP contribution in [-0.4, -0.2) is 112 Å². The number of aryl methyl sites for hydroxylation is 1. The Morgan fingerprint density at radius 1 is 0.767 bits per heavy atom. The fourth-order valence-electron chi connectivity index (χ4n) is 10.5. The number of carbonyl (C=O) groups excluding carboxylic acids is 3. The van der Waals surface area contributed by atoms with Crippen molar-refractivity contribution in [3.05, 3.63) is 75.8 Å². The maximum Gasteiger partial charge on any atom is 0.263 e. The number of hydrogen-bond donors (Lipinski definition) is 2. The van der Waals surface area contributed by atoms with Crippen LogP contribution in [0.2, 0.25) is 0 Å². The van der Waals surface area contributed by atoms with Crippen molar-refractivity contribution >= 4 is 51.8 Å². The van der Waals surface area contributed by atoms with Crippen molar-refractivity contribution in [2.75, 3.05) is 74.0 Å². The van der Waals surface area contributed by atoms with Crippen molar-refractivity contribution in [3.8, 4) is 0 Å². The minimum Gasteiger partial charge on any atom is -0.371 e. The maximum atomic E-state index is 13.6. The quantitative estimate of drug-likeness (QED) is 0.152. The molecule has 4 aliphatic heterocycles. The molecular weight excluding hydrogens is 757 g/mol. The van der Waals surface area contributed by atoms with E-state index in [9.17, 15) is 19.2 Å². The number of likely N-dealkylation sites (tertiary alicyclic amines) is 1. The summed E-state index contributed by atoms with van der Waals surface area (Å²) in [5.74, 6) is 0.951. The molecule has 4 saturated heterocycles. The molecule has 1 unspecified atom stereocenters. The van der Waals surface area contributed by atoms with Gasteiger partial charge in [0.05, 0.1) is 23.4 Å². The lowest BCUT2D eigenvalue weighted by Gasteiger charge is -2.43. The number of rotatable bonds is 10. The molecule has 14 heteroatoms. The molecule has 3 aromatic heterocycles. The Morgan fingerprint density at radius 3 is 2.13 bits per heavy atom. The molecule has 0 spiro atoms. The number of nitrogens with zero attached hydrogens (tertiary/aromatic N) is 8. The molecule has 60 heavy (non-hydrogen) atoms. The number of nitrogens with one attached hydrogen (secondary N) is 2. The van der Waals surface area contributed by atoms with Crippen LogP contribution >= 0.6 is 0 Å². The van der Waals surface area contributed by atoms with Crippen LogP contribution in [0.4, 0.5) is 23.1 Å². The van der Waals surface area contributed by atoms with Gasteiger partial charge in [-0.2, -0.15) is 4.98 Å². The Morgan fingerprint density at radius 2 is 1.47 bits per heavy atom. The van der Waals surface area contributed by atoms with E-state index in [0.717, 1.165) is 87.5 Å². The molecule has 1 atom stereocenters. The Bertz CT molecular complexity index is 2270. The highest BCUT2D eigenvalue weighted by atomic mass is 16.2. The number of amides is 2. The summed E-state index contributed by atoms with van der Waals surface area (Å²) >= 11 is 0. The van der Waals surface area contributed by atoms with E-state index < -0.39 is 0 Å². The van der Waals surface area contributed by atoms with E-state index in [-0.39, 0.29) is 40.7 Å². The molecule has 0 bridgehead atoms. The third kappa shape index (κ3) is 8.41. The van der Waals surface area contributed by atoms with Crippen molar-refractivity contribution < 1.29 is 14.4 Å². The largest absolute Gasteiger partial charge is 0.371 e. The number of fused-ring (bicyclic) bond motifs is 1. The van der Waals surface area contributed by atoms with Crippen LogP contribution in [0.5, 0.6) is 0 Å². The van der Waals surface area contributed by atoms with Gasteiger partial charge in [-0.05, 0) is 113 Å². The second-order valence-corrected chi connectivity index (χ2v) is 17.7. The van der Waals surface area contributed by atoms with Crippen LogP contribution in [-0.2, 0) is 9.59 Å². The molecule has 1 aliphatic carbocycles. The third-order valence-electron chi connectivity index (χ3n) is 14.0. The lowest BCUT2D eigenvalue weighted by molar-refractivity contribution is -0.134. The van der Waals surface area contributed by atoms with Crippen molar-refractivity contribution in [2.45, 2.75) is 96.1 Å². The van der Waals surface area contributed by atoms with E-state index in [4.69, 9.17) is 9.97 Å². The van der Waals surface area contributed by atoms with Crippen molar-refractivity contribution in [3.63, 3.8) is 0 Å². The fourth-order valence-corrected chi connectivity index (χ4v) is 10.5. The summed E-state index contributed by atoms with van der Waals surface area (Å²) in [5, 5.41) is 6.46. The van der Waals surface area contributed by atoms with E-state index in [0.29, 0.717) is 41.9 Å². The molecule has 316 valence electrons. The van der Waals surface area contributed by atoms with Crippen LogP contribution < -0.4 is 26.0 Å². The molecule has 0 radical (unpaired) electrons. The average Bonchev–Trinajstić information content (AvgIpc) is 3.79. The van der Waals surface area contributed by atoms with Gasteiger partial charge in [0.25, 0.3) is 5.56 Å². The maximum absolute atomic E-state index is 13.6. The zero-order valence-electron chi connectivity index (χ0n) is 35.1. The first kappa shape index (κ1) is 40.2. The highest BCUT2D eigenvalue weighted by Gasteiger charge is 2.32. The summed E-state index contributed by atoms with van der Waals surface area (Å²) in [6.45, 7) is 12.9. The molecule has 5 aliphatic rings. The Kier molecular flexibility index (Phi) is 11.7. The van der Waals surface area contributed by atoms with Gasteiger partial charge in [-0.15, -0.1) is 0 Å². The van der Waals surface area contributed by atoms with Crippen molar-refractivity contribution in [2.24, 2.45) is 5.92 Å². The second kappa shape index (κ2) is 17.4. The smallest absolute Gasteiger partial charge is 0.263 e. The Balaban J connectivity index is 0.722. The summed E-state index contributed by atoms with van der Waals surface area (Å²) < 4.78 is 1.74. The summed E-state index contributed by atoms with van der Waals surface area (Å²) in [4.78, 5) is 74.3. The lowest BCUT2D eigenvalue weighted by atomic mass is 9.90. The van der Waals surface area contributed by atoms with Crippen LogP contribution in [0.3, 0.4) is 0 Å². The van der Waals surface area contributed by atoms with Crippen LogP contribution in [0, 0.1) is 12.8 Å². The number of anilines is 4. The van der Waals surface area contributed by atoms with Crippen LogP contribution in [0.25, 0.3) is 11.0 Å². The zero-order chi connectivity index (χ0) is 41.3. The number of carbonyl (C=O) groups is 3. The number of Topliss-reactive ketones (excluding diaryl/α,β-unsaturated/α-hetero) is 1. The topological polar surface area (TPSA) is 149 Å². The van der Waals surface area contributed by atoms with E-state index in [1.807, 2.05) is 19.2 Å². The highest BCUT2D eigenvalue weighted by molar-refractivity contribution is 6.01. The highest BCUT2D eigenvalue weighted by Crippen LogP contribution is 2.33. The predicted octanol–water partition coefficient (Wildman–Crippen LogP) is 5.58. The van der Waals surface area contributed by atoms with E-state index in [1.54, 1.807) is 10.8 Å². The number of piperidine rings is 3. The second-order valence-electron chi connectivity index (χ2n) is 17.7. The molecule has 7 heterocycles. The minimum absolute atomic E-state index is 0.0293. The number of benzene rings is 1. The van der Waals surface area contributed by atoms with Crippen molar-refractivity contribution in [1.82, 2.24) is 34.6 Å². The molecule has 9 rings (SSSR count). The molecule has 2 amide bonds. The van der Waals surface area contributed by atoms with E-state index in [1.165, 1.54) is 57.9 Å². The first-order valence-corrected chi connectivity index (χ1v) is 22.2. The number of aromatic nitrogens is 4. The molecule has 2 N–H and O–H groups in total. The van der Waals surface area contributed by atoms with Gasteiger partial charge in [0, 0.05) is 81.6 Å². The number of pyridine rings is 2. The van der Waals surface area contributed by atoms with Crippen molar-refractivity contribution in [1.29, 1.82) is 0 Å². The van der Waals surface area contributed by atoms with Gasteiger partial charge >= 0.3 is 0 Å². The molecule has 1 saturated carbocycles. The van der Waals surface area contributed by atoms with Gasteiger partial charge in [0.1, 0.15) is 11.5 Å². The summed E-state index contributed by atoms with van der Waals surface area (Å²) in [6.07, 6.45) is 13.4. The van der Waals surface area contributed by atoms with Gasteiger partial charge in [-0.1, -0.05) is 25.0 Å². The monoisotopic (exact) mass is 814 g/mol. The van der Waals surface area contributed by atoms with Gasteiger partial charge in [-0.3, -0.25) is 34.0 Å². The lowest BCUT2D eigenvalue weighted by Crippen LogP contribution is -2.51. The molecule has 14 nitrogen and oxygen atoms in total. The molecule has 4 aromatic rings. The SMILES string of the molecule is CC(=O)c1c(C)c2cnc(Nc3ccc(N4CCN(CC5CCN(C6CCN(c7ccc(C8CCC(=O)NC8=O)cc7)CC6)CC5)CC4)cn3)nc2n(C2CCCC2)c1=O. The molecular formula is C46H58N10O4. The average molecular weight is 815 g/mol. The van der Waals surface area contributed by atoms with E-state index >= 15 is 0 Å². The van der Waals surface area contributed by atoms with Crippen LogP contribution in [0.1, 0.15) is 105 Å². The summed E-state index contributed by atoms with van der Waals surface area (Å²) in [6, 6.07) is 13.2. The zero-order valence-corrected chi connectivity index (χ0v) is 35.1. The van der Waals surface area contributed by atoms with Gasteiger partial charge in [-0.25, -0.2) is 9.97 Å². The van der Waals surface area contributed by atoms with Gasteiger partial charge < -0.3 is 20.0 Å². The fraction of sp³-hybridized carbons (Fsp3) is 0.543. The standard InChI is InChI=1S/C46H58N10O4/c1-30-39-28-48-46(51-43(39)56(36-5-3-4-6-36)45(60)42(30)31(2)57)49-40-13-11-37(27-47-40)55-25-23-52(24-26-55)29-32-15-19-53(20-16-32)35-17-21-54(22-18-35)34-9-7-33(8-10-34)38-12-14-41(58)50-44(38)59/h7-11,13,27-28,32,35-36,38H,3-6,12,14-26,29H2,1-2H3,(H,50,58,59)(H,47,48,49,51). The minimum atomic E-state index is -0.253. The number of ketones is 1. The first-order chi connectivity index (χ1) is 29.2. The van der Waals surface area contributed by atoms with Crippen LogP contribution in [0.15, 0.2) is 53.6 Å². The van der Waals surface area contributed by atoms with Gasteiger partial charge in [0.15, 0.2) is 5.78 Å². The molecule has 5 fully saturated rings. The summed E-state index contributed by atoms with van der Waals surface area (Å²) in [7, 11) is 0. The summed E-state index contributed by atoms with van der Waals surface area (Å²) in [5.41, 5.74) is 4.50. The molecule has 1 aromatic carbocycles. The Hall–Kier alpha value is -5.21.